The molecule has 3 heterocycles. The SMILES string of the molecule is Cc1ccccc1N1CCN(C(=O)c2cc(-c3cccs3)nn2-c2ccc(Cl)c(Cl)c2)CC1. The summed E-state index contributed by atoms with van der Waals surface area (Å²) in [7, 11) is 0. The van der Waals surface area contributed by atoms with E-state index in [4.69, 9.17) is 28.3 Å². The molecule has 1 aliphatic rings. The molecule has 0 aliphatic carbocycles. The molecule has 1 amide bonds. The molecule has 5 nitrogen and oxygen atoms in total. The second kappa shape index (κ2) is 9.21. The van der Waals surface area contributed by atoms with Gasteiger partial charge in [-0.25, -0.2) is 4.68 Å². The molecule has 0 radical (unpaired) electrons. The van der Waals surface area contributed by atoms with Gasteiger partial charge in [0.25, 0.3) is 5.91 Å². The molecular formula is C25H22Cl2N4OS. The van der Waals surface area contributed by atoms with Crippen molar-refractivity contribution in [3.05, 3.63) is 87.3 Å². The summed E-state index contributed by atoms with van der Waals surface area (Å²) in [6, 6.07) is 19.5. The van der Waals surface area contributed by atoms with E-state index in [1.54, 1.807) is 28.2 Å². The van der Waals surface area contributed by atoms with E-state index in [-0.39, 0.29) is 5.91 Å². The summed E-state index contributed by atoms with van der Waals surface area (Å²) >= 11 is 14.0. The molecule has 0 spiro atoms. The first kappa shape index (κ1) is 22.0. The smallest absolute Gasteiger partial charge is 0.272 e. The third kappa shape index (κ3) is 4.38. The third-order valence-corrected chi connectivity index (χ3v) is 7.50. The Morgan fingerprint density at radius 2 is 1.73 bits per heavy atom. The minimum Gasteiger partial charge on any atom is -0.368 e. The zero-order valence-corrected chi connectivity index (χ0v) is 20.4. The van der Waals surface area contributed by atoms with Crippen LogP contribution >= 0.6 is 34.5 Å². The molecule has 5 rings (SSSR count). The van der Waals surface area contributed by atoms with E-state index in [0.29, 0.717) is 34.5 Å². The zero-order valence-electron chi connectivity index (χ0n) is 18.0. The van der Waals surface area contributed by atoms with Crippen LogP contribution in [-0.2, 0) is 0 Å². The van der Waals surface area contributed by atoms with Crippen molar-refractivity contribution in [1.29, 1.82) is 0 Å². The van der Waals surface area contributed by atoms with Crippen molar-refractivity contribution in [2.45, 2.75) is 6.92 Å². The number of hydrogen-bond acceptors (Lipinski definition) is 4. The first-order valence-corrected chi connectivity index (χ1v) is 12.3. The van der Waals surface area contributed by atoms with Crippen LogP contribution < -0.4 is 4.90 Å². The molecule has 0 atom stereocenters. The summed E-state index contributed by atoms with van der Waals surface area (Å²) in [6.45, 7) is 4.99. The number of thiophene rings is 1. The molecule has 8 heteroatoms. The van der Waals surface area contributed by atoms with E-state index in [1.165, 1.54) is 11.3 Å². The maximum Gasteiger partial charge on any atom is 0.272 e. The number of anilines is 1. The van der Waals surface area contributed by atoms with Gasteiger partial charge in [-0.15, -0.1) is 11.3 Å². The van der Waals surface area contributed by atoms with Crippen molar-refractivity contribution in [2.75, 3.05) is 31.1 Å². The molecule has 0 bridgehead atoms. The Bertz CT molecular complexity index is 1290. The first-order chi connectivity index (χ1) is 16.0. The topological polar surface area (TPSA) is 41.4 Å². The Morgan fingerprint density at radius 1 is 0.939 bits per heavy atom. The zero-order chi connectivity index (χ0) is 22.9. The third-order valence-electron chi connectivity index (χ3n) is 5.87. The van der Waals surface area contributed by atoms with Crippen molar-refractivity contribution < 1.29 is 4.79 Å². The van der Waals surface area contributed by atoms with Gasteiger partial charge in [0.1, 0.15) is 11.4 Å². The molecular weight excluding hydrogens is 475 g/mol. The van der Waals surface area contributed by atoms with Crippen LogP contribution in [0.5, 0.6) is 0 Å². The van der Waals surface area contributed by atoms with Crippen molar-refractivity contribution in [2.24, 2.45) is 0 Å². The highest BCUT2D eigenvalue weighted by Crippen LogP contribution is 2.30. The number of hydrogen-bond donors (Lipinski definition) is 0. The van der Waals surface area contributed by atoms with Gasteiger partial charge in [0.2, 0.25) is 0 Å². The predicted octanol–water partition coefficient (Wildman–Crippen LogP) is 6.18. The fourth-order valence-corrected chi connectivity index (χ4v) is 5.10. The van der Waals surface area contributed by atoms with Crippen molar-refractivity contribution in [3.8, 4) is 16.3 Å². The van der Waals surface area contributed by atoms with Gasteiger partial charge in [0, 0.05) is 31.9 Å². The largest absolute Gasteiger partial charge is 0.368 e. The van der Waals surface area contributed by atoms with Gasteiger partial charge < -0.3 is 9.80 Å². The van der Waals surface area contributed by atoms with Gasteiger partial charge >= 0.3 is 0 Å². The standard InChI is InChI=1S/C25H22Cl2N4OS/c1-17-5-2-3-6-22(17)29-10-12-30(13-11-29)25(32)23-16-21(24-7-4-14-33-24)28-31(23)18-8-9-19(26)20(27)15-18/h2-9,14-16H,10-13H2,1H3. The fourth-order valence-electron chi connectivity index (χ4n) is 4.12. The lowest BCUT2D eigenvalue weighted by Gasteiger charge is -2.36. The van der Waals surface area contributed by atoms with Gasteiger partial charge in [0.05, 0.1) is 20.6 Å². The molecule has 2 aromatic heterocycles. The normalized spacial score (nSPS) is 14.0. The molecule has 33 heavy (non-hydrogen) atoms. The molecule has 0 saturated carbocycles. The highest BCUT2D eigenvalue weighted by molar-refractivity contribution is 7.13. The number of carbonyl (C=O) groups is 1. The van der Waals surface area contributed by atoms with Gasteiger partial charge in [-0.2, -0.15) is 5.10 Å². The second-order valence-corrected chi connectivity index (χ2v) is 9.73. The maximum absolute atomic E-state index is 13.6. The molecule has 4 aromatic rings. The van der Waals surface area contributed by atoms with Crippen LogP contribution in [-0.4, -0.2) is 46.8 Å². The molecule has 168 valence electrons. The van der Waals surface area contributed by atoms with Crippen LogP contribution in [0.25, 0.3) is 16.3 Å². The highest BCUT2D eigenvalue weighted by Gasteiger charge is 2.27. The van der Waals surface area contributed by atoms with Crippen LogP contribution in [0.2, 0.25) is 10.0 Å². The summed E-state index contributed by atoms with van der Waals surface area (Å²) in [6.07, 6.45) is 0. The first-order valence-electron chi connectivity index (χ1n) is 10.7. The summed E-state index contributed by atoms with van der Waals surface area (Å²) in [5.41, 5.74) is 4.45. The fraction of sp³-hybridized carbons (Fsp3) is 0.200. The Balaban J connectivity index is 1.44. The number of aromatic nitrogens is 2. The number of amides is 1. The van der Waals surface area contributed by atoms with E-state index in [9.17, 15) is 4.79 Å². The van der Waals surface area contributed by atoms with Crippen molar-refractivity contribution in [3.63, 3.8) is 0 Å². The molecule has 2 aromatic carbocycles. The highest BCUT2D eigenvalue weighted by atomic mass is 35.5. The quantitative estimate of drug-likeness (QED) is 0.338. The number of rotatable bonds is 4. The van der Waals surface area contributed by atoms with Crippen molar-refractivity contribution in [1.82, 2.24) is 14.7 Å². The monoisotopic (exact) mass is 496 g/mol. The molecule has 1 saturated heterocycles. The maximum atomic E-state index is 13.6. The number of carbonyl (C=O) groups excluding carboxylic acids is 1. The summed E-state index contributed by atoms with van der Waals surface area (Å²) < 4.78 is 1.67. The van der Waals surface area contributed by atoms with Crippen LogP contribution in [0.4, 0.5) is 5.69 Å². The van der Waals surface area contributed by atoms with E-state index in [0.717, 1.165) is 23.7 Å². The Morgan fingerprint density at radius 3 is 2.42 bits per heavy atom. The number of nitrogens with zero attached hydrogens (tertiary/aromatic N) is 4. The number of benzene rings is 2. The lowest BCUT2D eigenvalue weighted by molar-refractivity contribution is 0.0737. The molecule has 1 aliphatic heterocycles. The average Bonchev–Trinajstić information content (AvgIpc) is 3.51. The Hall–Kier alpha value is -2.80. The lowest BCUT2D eigenvalue weighted by Crippen LogP contribution is -2.49. The summed E-state index contributed by atoms with van der Waals surface area (Å²) in [5.74, 6) is -0.0409. The van der Waals surface area contributed by atoms with Gasteiger partial charge in [-0.3, -0.25) is 4.79 Å². The summed E-state index contributed by atoms with van der Waals surface area (Å²) in [4.78, 5) is 18.9. The van der Waals surface area contributed by atoms with E-state index in [1.807, 2.05) is 40.6 Å². The van der Waals surface area contributed by atoms with Crippen molar-refractivity contribution >= 4 is 46.1 Å². The minimum atomic E-state index is -0.0409. The second-order valence-electron chi connectivity index (χ2n) is 7.97. The van der Waals surface area contributed by atoms with Gasteiger partial charge in [-0.05, 0) is 54.3 Å². The van der Waals surface area contributed by atoms with Crippen LogP contribution in [0.3, 0.4) is 0 Å². The number of piperazine rings is 1. The van der Waals surface area contributed by atoms with E-state index < -0.39 is 0 Å². The van der Waals surface area contributed by atoms with Gasteiger partial charge in [-0.1, -0.05) is 47.5 Å². The molecule has 1 fully saturated rings. The minimum absolute atomic E-state index is 0.0409. The Kier molecular flexibility index (Phi) is 6.15. The summed E-state index contributed by atoms with van der Waals surface area (Å²) in [5, 5.41) is 7.64. The molecule has 0 unspecified atom stereocenters. The van der Waals surface area contributed by atoms with Crippen LogP contribution in [0, 0.1) is 6.92 Å². The van der Waals surface area contributed by atoms with Crippen LogP contribution in [0.15, 0.2) is 66.0 Å². The Labute approximate surface area is 206 Å². The number of para-hydroxylation sites is 1. The number of halogens is 2. The van der Waals surface area contributed by atoms with E-state index in [2.05, 4.69) is 30.0 Å². The lowest BCUT2D eigenvalue weighted by atomic mass is 10.1. The average molecular weight is 497 g/mol. The predicted molar refractivity (Wildman–Crippen MR) is 136 cm³/mol. The number of aryl methyl sites for hydroxylation is 1. The van der Waals surface area contributed by atoms with E-state index >= 15 is 0 Å². The van der Waals surface area contributed by atoms with Crippen LogP contribution in [0.1, 0.15) is 16.1 Å². The van der Waals surface area contributed by atoms with Gasteiger partial charge in [0.15, 0.2) is 0 Å². The molecule has 0 N–H and O–H groups in total.